The summed E-state index contributed by atoms with van der Waals surface area (Å²) in [6.45, 7) is 3.41. The third kappa shape index (κ3) is 3.85. The van der Waals surface area contributed by atoms with Crippen LogP contribution in [0.2, 0.25) is 0 Å². The summed E-state index contributed by atoms with van der Waals surface area (Å²) in [5.74, 6) is -1.96. The molecule has 1 aliphatic heterocycles. The minimum atomic E-state index is -1.56. The van der Waals surface area contributed by atoms with E-state index in [1.807, 2.05) is 0 Å². The van der Waals surface area contributed by atoms with Crippen LogP contribution in [0.3, 0.4) is 0 Å². The summed E-state index contributed by atoms with van der Waals surface area (Å²) in [5, 5.41) is 31.1. The molecule has 2 aromatic rings. The van der Waals surface area contributed by atoms with E-state index < -0.39 is 30.1 Å². The van der Waals surface area contributed by atoms with Gasteiger partial charge in [-0.2, -0.15) is 0 Å². The van der Waals surface area contributed by atoms with Gasteiger partial charge in [-0.25, -0.2) is 4.79 Å². The van der Waals surface area contributed by atoms with E-state index in [0.717, 1.165) is 0 Å². The highest BCUT2D eigenvalue weighted by molar-refractivity contribution is 6.04. The molecule has 0 radical (unpaired) electrons. The fourth-order valence-electron chi connectivity index (χ4n) is 2.99. The van der Waals surface area contributed by atoms with Crippen LogP contribution in [0, 0.1) is 5.92 Å². The summed E-state index contributed by atoms with van der Waals surface area (Å²) in [4.78, 5) is 24.8. The van der Waals surface area contributed by atoms with Crippen LogP contribution in [0.25, 0.3) is 17.0 Å². The van der Waals surface area contributed by atoms with E-state index in [2.05, 4.69) is 0 Å². The van der Waals surface area contributed by atoms with Gasteiger partial charge in [0.05, 0.1) is 12.4 Å². The van der Waals surface area contributed by atoms with Gasteiger partial charge in [0.1, 0.15) is 29.1 Å². The summed E-state index contributed by atoms with van der Waals surface area (Å²) in [7, 11) is 0. The number of aliphatic hydroxyl groups is 2. The summed E-state index contributed by atoms with van der Waals surface area (Å²) < 4.78 is 10.8. The smallest absolute Gasteiger partial charge is 0.342 e. The minimum Gasteiger partial charge on any atom is -0.507 e. The number of cyclic esters (lactones) is 1. The van der Waals surface area contributed by atoms with E-state index in [1.165, 1.54) is 36.6 Å². The maximum Gasteiger partial charge on any atom is 0.342 e. The Kier molecular flexibility index (Phi) is 5.67. The fourth-order valence-corrected chi connectivity index (χ4v) is 2.99. The SMILES string of the molecule is CC1/C=C\C(=O)C(O)[C@@H](O)C/C=C/c2c(c(O)cc3occc23)C(=O)O[C@H]1C. The number of aliphatic hydroxyl groups excluding tert-OH is 2. The lowest BCUT2D eigenvalue weighted by Crippen LogP contribution is -2.32. The van der Waals surface area contributed by atoms with Gasteiger partial charge < -0.3 is 24.5 Å². The maximum atomic E-state index is 12.8. The van der Waals surface area contributed by atoms with Crippen LogP contribution in [0.1, 0.15) is 36.2 Å². The molecule has 0 spiro atoms. The van der Waals surface area contributed by atoms with Crippen molar-refractivity contribution in [2.75, 3.05) is 0 Å². The Hall–Kier alpha value is -2.90. The van der Waals surface area contributed by atoms with E-state index in [9.17, 15) is 24.9 Å². The number of carbonyl (C=O) groups excluding carboxylic acids is 2. The number of fused-ring (bicyclic) bond motifs is 3. The second kappa shape index (κ2) is 8.00. The van der Waals surface area contributed by atoms with E-state index in [0.29, 0.717) is 16.5 Å². The molecular formula is C21H22O7. The quantitative estimate of drug-likeness (QED) is 0.596. The molecule has 1 aliphatic rings. The molecule has 148 valence electrons. The van der Waals surface area contributed by atoms with Crippen LogP contribution < -0.4 is 0 Å². The maximum absolute atomic E-state index is 12.8. The lowest BCUT2D eigenvalue weighted by atomic mass is 9.98. The number of ether oxygens (including phenoxy) is 1. The van der Waals surface area contributed by atoms with Crippen molar-refractivity contribution in [2.24, 2.45) is 5.92 Å². The van der Waals surface area contributed by atoms with Gasteiger partial charge in [0.25, 0.3) is 0 Å². The highest BCUT2D eigenvalue weighted by Crippen LogP contribution is 2.33. The number of aromatic hydroxyl groups is 1. The normalized spacial score (nSPS) is 29.0. The molecule has 0 saturated heterocycles. The van der Waals surface area contributed by atoms with Gasteiger partial charge in [0, 0.05) is 22.9 Å². The Morgan fingerprint density at radius 1 is 1.14 bits per heavy atom. The molecule has 7 nitrogen and oxygen atoms in total. The number of phenols is 1. The Bertz CT molecular complexity index is 953. The van der Waals surface area contributed by atoms with Crippen molar-refractivity contribution >= 4 is 28.8 Å². The number of hydrogen-bond acceptors (Lipinski definition) is 7. The Balaban J connectivity index is 2.11. The van der Waals surface area contributed by atoms with Crippen LogP contribution in [0.15, 0.2) is 41.0 Å². The van der Waals surface area contributed by atoms with E-state index in [1.54, 1.807) is 19.9 Å². The van der Waals surface area contributed by atoms with Crippen LogP contribution in [0.5, 0.6) is 5.75 Å². The Morgan fingerprint density at radius 3 is 2.64 bits per heavy atom. The van der Waals surface area contributed by atoms with Crippen molar-refractivity contribution in [3.8, 4) is 5.75 Å². The molecule has 3 rings (SSSR count). The first-order valence-corrected chi connectivity index (χ1v) is 8.98. The monoisotopic (exact) mass is 386 g/mol. The molecule has 0 fully saturated rings. The molecule has 28 heavy (non-hydrogen) atoms. The zero-order chi connectivity index (χ0) is 20.4. The Morgan fingerprint density at radius 2 is 1.89 bits per heavy atom. The van der Waals surface area contributed by atoms with Crippen LogP contribution in [-0.4, -0.2) is 45.4 Å². The van der Waals surface area contributed by atoms with Crippen LogP contribution in [0.4, 0.5) is 0 Å². The molecular weight excluding hydrogens is 364 g/mol. The first-order chi connectivity index (χ1) is 13.3. The van der Waals surface area contributed by atoms with Crippen molar-refractivity contribution in [3.05, 3.63) is 47.8 Å². The van der Waals surface area contributed by atoms with Crippen LogP contribution in [-0.2, 0) is 9.53 Å². The summed E-state index contributed by atoms with van der Waals surface area (Å²) in [6, 6.07) is 3.00. The second-order valence-corrected chi connectivity index (χ2v) is 6.90. The number of rotatable bonds is 0. The van der Waals surface area contributed by atoms with Gasteiger partial charge in [-0.05, 0) is 25.5 Å². The zero-order valence-electron chi connectivity index (χ0n) is 15.5. The number of phenolic OH excluding ortho intramolecular Hbond substituents is 1. The average Bonchev–Trinajstić information content (AvgIpc) is 3.11. The molecule has 1 aromatic carbocycles. The summed E-state index contributed by atoms with van der Waals surface area (Å²) >= 11 is 0. The van der Waals surface area contributed by atoms with Crippen molar-refractivity contribution in [2.45, 2.75) is 38.6 Å². The first kappa shape index (κ1) is 19.9. The van der Waals surface area contributed by atoms with Crippen molar-refractivity contribution in [3.63, 3.8) is 0 Å². The first-order valence-electron chi connectivity index (χ1n) is 8.98. The standard InChI is InChI=1S/C21H22O7/c1-11-6-7-16(23)20(25)15(22)5-3-4-14-13-8-9-27-18(13)10-17(24)19(14)21(26)28-12(11)2/h3-4,6-12,15,20,22,24-25H,5H2,1-2H3/b4-3+,7-6-/t11?,12-,15-,20?/m0/s1. The van der Waals surface area contributed by atoms with Gasteiger partial charge in [0.15, 0.2) is 5.78 Å². The third-order valence-electron chi connectivity index (χ3n) is 4.90. The average molecular weight is 386 g/mol. The molecule has 4 atom stereocenters. The van der Waals surface area contributed by atoms with Gasteiger partial charge >= 0.3 is 5.97 Å². The molecule has 2 unspecified atom stereocenters. The van der Waals surface area contributed by atoms with E-state index >= 15 is 0 Å². The van der Waals surface area contributed by atoms with Gasteiger partial charge in [-0.1, -0.05) is 25.2 Å². The fraction of sp³-hybridized carbons (Fsp3) is 0.333. The number of hydrogen-bond donors (Lipinski definition) is 3. The minimum absolute atomic E-state index is 0.0173. The van der Waals surface area contributed by atoms with Crippen LogP contribution >= 0.6 is 0 Å². The highest BCUT2D eigenvalue weighted by Gasteiger charge is 2.26. The number of benzene rings is 1. The van der Waals surface area contributed by atoms with E-state index in [-0.39, 0.29) is 23.7 Å². The second-order valence-electron chi connectivity index (χ2n) is 6.90. The van der Waals surface area contributed by atoms with E-state index in [4.69, 9.17) is 9.15 Å². The summed E-state index contributed by atoms with van der Waals surface area (Å²) in [5.41, 5.74) is 0.737. The topological polar surface area (TPSA) is 117 Å². The molecule has 7 heteroatoms. The number of ketones is 1. The zero-order valence-corrected chi connectivity index (χ0v) is 15.5. The predicted molar refractivity (Wildman–Crippen MR) is 102 cm³/mol. The molecule has 0 aliphatic carbocycles. The Labute approximate surface area is 161 Å². The predicted octanol–water partition coefficient (Wildman–Crippen LogP) is 2.58. The molecule has 2 heterocycles. The molecule has 3 N–H and O–H groups in total. The molecule has 1 aromatic heterocycles. The number of carbonyl (C=O) groups is 2. The summed E-state index contributed by atoms with van der Waals surface area (Å²) in [6.07, 6.45) is 3.67. The molecule has 0 bridgehead atoms. The van der Waals surface area contributed by atoms with Crippen molar-refractivity contribution in [1.29, 1.82) is 0 Å². The van der Waals surface area contributed by atoms with Crippen molar-refractivity contribution < 1.29 is 34.1 Å². The lowest BCUT2D eigenvalue weighted by Gasteiger charge is -2.20. The van der Waals surface area contributed by atoms with Crippen molar-refractivity contribution in [1.82, 2.24) is 0 Å². The van der Waals surface area contributed by atoms with Gasteiger partial charge in [0.2, 0.25) is 0 Å². The third-order valence-corrected chi connectivity index (χ3v) is 4.90. The molecule has 0 saturated carbocycles. The highest BCUT2D eigenvalue weighted by atomic mass is 16.5. The van der Waals surface area contributed by atoms with Gasteiger partial charge in [-0.3, -0.25) is 4.79 Å². The number of furan rings is 1. The lowest BCUT2D eigenvalue weighted by molar-refractivity contribution is -0.127. The largest absolute Gasteiger partial charge is 0.507 e. The molecule has 0 amide bonds. The van der Waals surface area contributed by atoms with Gasteiger partial charge in [-0.15, -0.1) is 0 Å². The number of esters is 1.